The van der Waals surface area contributed by atoms with Crippen molar-refractivity contribution in [2.45, 2.75) is 72.1 Å². The van der Waals surface area contributed by atoms with Crippen LogP contribution in [0.3, 0.4) is 0 Å². The fourth-order valence-electron chi connectivity index (χ4n) is 3.63. The summed E-state index contributed by atoms with van der Waals surface area (Å²) in [5.41, 5.74) is 6.02. The number of nitrogens with two attached hydrogens (primary N) is 1. The van der Waals surface area contributed by atoms with Gasteiger partial charge in [-0.2, -0.15) is 0 Å². The minimum atomic E-state index is 0.567. The molecule has 1 atom stereocenters. The molecule has 0 amide bonds. The van der Waals surface area contributed by atoms with Crippen LogP contribution < -0.4 is 11.3 Å². The summed E-state index contributed by atoms with van der Waals surface area (Å²) in [7, 11) is 0. The SMILES string of the molecule is CC.CC1CCc2c3c(n(N)c(=N)c2C1)CCCCC3. The molecule has 3 nitrogen and oxygen atoms in total. The Labute approximate surface area is 122 Å². The van der Waals surface area contributed by atoms with E-state index in [1.807, 2.05) is 13.8 Å². The van der Waals surface area contributed by atoms with Gasteiger partial charge in [0.05, 0.1) is 0 Å². The highest BCUT2D eigenvalue weighted by molar-refractivity contribution is 5.39. The van der Waals surface area contributed by atoms with Crippen LogP contribution in [-0.4, -0.2) is 4.68 Å². The number of aromatic nitrogens is 1. The molecule has 1 aromatic heterocycles. The van der Waals surface area contributed by atoms with Crippen LogP contribution in [0.4, 0.5) is 0 Å². The number of fused-ring (bicyclic) bond motifs is 3. The maximum Gasteiger partial charge on any atom is 0.147 e. The zero-order valence-corrected chi connectivity index (χ0v) is 13.3. The number of nitrogens with zero attached hydrogens (tertiary/aromatic N) is 1. The highest BCUT2D eigenvalue weighted by Gasteiger charge is 2.24. The molecule has 0 spiro atoms. The van der Waals surface area contributed by atoms with Gasteiger partial charge in [-0.25, -0.2) is 4.68 Å². The van der Waals surface area contributed by atoms with Crippen LogP contribution in [0.5, 0.6) is 0 Å². The summed E-state index contributed by atoms with van der Waals surface area (Å²) in [5.74, 6) is 6.87. The lowest BCUT2D eigenvalue weighted by Crippen LogP contribution is -2.37. The van der Waals surface area contributed by atoms with Gasteiger partial charge >= 0.3 is 0 Å². The van der Waals surface area contributed by atoms with Crippen LogP contribution in [0.15, 0.2) is 0 Å². The summed E-state index contributed by atoms with van der Waals surface area (Å²) in [4.78, 5) is 0. The Kier molecular flexibility index (Phi) is 4.90. The van der Waals surface area contributed by atoms with E-state index in [1.165, 1.54) is 54.5 Å². The van der Waals surface area contributed by atoms with Crippen LogP contribution >= 0.6 is 0 Å². The quantitative estimate of drug-likeness (QED) is 0.555. The molecule has 0 saturated heterocycles. The Hall–Kier alpha value is -1.25. The van der Waals surface area contributed by atoms with Crippen molar-refractivity contribution >= 4 is 0 Å². The number of hydrogen-bond donors (Lipinski definition) is 2. The molecule has 1 heterocycles. The van der Waals surface area contributed by atoms with Gasteiger partial charge in [-0.1, -0.05) is 27.2 Å². The topological polar surface area (TPSA) is 54.8 Å². The maximum atomic E-state index is 8.31. The first kappa shape index (κ1) is 15.1. The van der Waals surface area contributed by atoms with Gasteiger partial charge in [0.25, 0.3) is 0 Å². The zero-order chi connectivity index (χ0) is 14.7. The lowest BCUT2D eigenvalue weighted by molar-refractivity contribution is 0.488. The van der Waals surface area contributed by atoms with Crippen molar-refractivity contribution in [3.8, 4) is 0 Å². The van der Waals surface area contributed by atoms with Gasteiger partial charge in [-0.3, -0.25) is 5.41 Å². The molecule has 0 radical (unpaired) electrons. The van der Waals surface area contributed by atoms with E-state index in [4.69, 9.17) is 11.3 Å². The normalized spacial score (nSPS) is 21.1. The second-order valence-electron chi connectivity index (χ2n) is 6.01. The predicted octanol–water partition coefficient (Wildman–Crippen LogP) is 3.10. The monoisotopic (exact) mass is 275 g/mol. The largest absolute Gasteiger partial charge is 0.338 e. The van der Waals surface area contributed by atoms with Gasteiger partial charge in [0.1, 0.15) is 5.49 Å². The molecule has 0 fully saturated rings. The van der Waals surface area contributed by atoms with Gasteiger partial charge in [0, 0.05) is 5.69 Å². The maximum absolute atomic E-state index is 8.31. The fraction of sp³-hybridized carbons (Fsp3) is 0.706. The predicted molar refractivity (Wildman–Crippen MR) is 84.2 cm³/mol. The van der Waals surface area contributed by atoms with E-state index < -0.39 is 0 Å². The van der Waals surface area contributed by atoms with Crippen LogP contribution in [-0.2, 0) is 25.7 Å². The van der Waals surface area contributed by atoms with Gasteiger partial charge in [0.15, 0.2) is 0 Å². The van der Waals surface area contributed by atoms with Crippen molar-refractivity contribution < 1.29 is 0 Å². The van der Waals surface area contributed by atoms with Crippen molar-refractivity contribution in [3.63, 3.8) is 0 Å². The molecule has 2 aliphatic rings. The Morgan fingerprint density at radius 1 is 1.00 bits per heavy atom. The molecule has 3 rings (SSSR count). The van der Waals surface area contributed by atoms with Crippen molar-refractivity contribution in [1.29, 1.82) is 5.41 Å². The molecular weight excluding hydrogens is 246 g/mol. The summed E-state index contributed by atoms with van der Waals surface area (Å²) in [6, 6.07) is 0. The Balaban J connectivity index is 0.000000704. The van der Waals surface area contributed by atoms with E-state index in [9.17, 15) is 0 Å². The summed E-state index contributed by atoms with van der Waals surface area (Å²) >= 11 is 0. The third-order valence-electron chi connectivity index (χ3n) is 4.67. The lowest BCUT2D eigenvalue weighted by atomic mass is 9.82. The molecule has 20 heavy (non-hydrogen) atoms. The summed E-state index contributed by atoms with van der Waals surface area (Å²) in [5, 5.41) is 8.31. The molecule has 112 valence electrons. The Morgan fingerprint density at radius 3 is 2.45 bits per heavy atom. The second-order valence-corrected chi connectivity index (χ2v) is 6.01. The fourth-order valence-corrected chi connectivity index (χ4v) is 3.63. The zero-order valence-electron chi connectivity index (χ0n) is 13.3. The van der Waals surface area contributed by atoms with E-state index in [-0.39, 0.29) is 0 Å². The summed E-state index contributed by atoms with van der Waals surface area (Å²) in [6.45, 7) is 6.29. The Morgan fingerprint density at radius 2 is 1.70 bits per heavy atom. The first-order valence-corrected chi connectivity index (χ1v) is 8.26. The van der Waals surface area contributed by atoms with Crippen molar-refractivity contribution in [3.05, 3.63) is 27.9 Å². The third kappa shape index (κ3) is 2.63. The molecule has 0 aliphatic heterocycles. The molecule has 0 bridgehead atoms. The van der Waals surface area contributed by atoms with Gasteiger partial charge < -0.3 is 5.84 Å². The number of nitrogens with one attached hydrogen (secondary N) is 1. The van der Waals surface area contributed by atoms with E-state index in [0.717, 1.165) is 19.3 Å². The Bertz CT molecular complexity index is 528. The number of pyridine rings is 1. The summed E-state index contributed by atoms with van der Waals surface area (Å²) in [6.07, 6.45) is 9.50. The number of nitrogen functional groups attached to an aromatic ring is 1. The number of rotatable bonds is 0. The highest BCUT2D eigenvalue weighted by Crippen LogP contribution is 2.30. The number of hydrogen-bond acceptors (Lipinski definition) is 2. The molecule has 3 N–H and O–H groups in total. The molecule has 0 saturated carbocycles. The summed E-state index contributed by atoms with van der Waals surface area (Å²) < 4.78 is 1.68. The molecule has 0 aromatic carbocycles. The van der Waals surface area contributed by atoms with E-state index >= 15 is 0 Å². The average Bonchev–Trinajstić information content (AvgIpc) is 2.73. The lowest BCUT2D eigenvalue weighted by Gasteiger charge is -2.27. The van der Waals surface area contributed by atoms with Crippen molar-refractivity contribution in [1.82, 2.24) is 4.68 Å². The van der Waals surface area contributed by atoms with Gasteiger partial charge in [-0.15, -0.1) is 0 Å². The first-order chi connectivity index (χ1) is 9.68. The van der Waals surface area contributed by atoms with Gasteiger partial charge in [0.2, 0.25) is 0 Å². The molecule has 3 heteroatoms. The smallest absolute Gasteiger partial charge is 0.147 e. The third-order valence-corrected chi connectivity index (χ3v) is 4.67. The van der Waals surface area contributed by atoms with Crippen molar-refractivity contribution in [2.24, 2.45) is 5.92 Å². The van der Waals surface area contributed by atoms with E-state index in [0.29, 0.717) is 11.4 Å². The van der Waals surface area contributed by atoms with Crippen molar-refractivity contribution in [2.75, 3.05) is 5.84 Å². The van der Waals surface area contributed by atoms with Crippen LogP contribution in [0.1, 0.15) is 68.8 Å². The van der Waals surface area contributed by atoms with Crippen LogP contribution in [0.25, 0.3) is 0 Å². The molecule has 1 unspecified atom stereocenters. The van der Waals surface area contributed by atoms with Crippen LogP contribution in [0.2, 0.25) is 0 Å². The van der Waals surface area contributed by atoms with E-state index in [2.05, 4.69) is 6.92 Å². The minimum absolute atomic E-state index is 0.567. The average molecular weight is 275 g/mol. The highest BCUT2D eigenvalue weighted by atomic mass is 15.3. The molecular formula is C17H29N3. The molecule has 2 aliphatic carbocycles. The molecule has 1 aromatic rings. The van der Waals surface area contributed by atoms with Gasteiger partial charge in [-0.05, 0) is 67.6 Å². The van der Waals surface area contributed by atoms with Crippen LogP contribution in [0, 0.1) is 11.3 Å². The second kappa shape index (κ2) is 6.47. The first-order valence-electron chi connectivity index (χ1n) is 8.26. The minimum Gasteiger partial charge on any atom is -0.338 e. The standard InChI is InChI=1S/C15H23N3.C2H6/c1-10-7-8-11-12-5-3-2-4-6-14(12)18(17)15(16)13(11)9-10;1-2/h10,16H,2-9,17H2,1H3;1-2H3. The van der Waals surface area contributed by atoms with E-state index in [1.54, 1.807) is 4.68 Å².